The van der Waals surface area contributed by atoms with Gasteiger partial charge in [0.2, 0.25) is 5.91 Å². The van der Waals surface area contributed by atoms with Crippen LogP contribution >= 0.6 is 0 Å². The lowest BCUT2D eigenvalue weighted by Gasteiger charge is -2.30. The number of rotatable bonds is 16. The number of aliphatic hydroxyl groups is 1. The Bertz CT molecular complexity index is 1690. The monoisotopic (exact) mass is 712 g/mol. The summed E-state index contributed by atoms with van der Waals surface area (Å²) in [6, 6.07) is 22.0. The smallest absolute Gasteiger partial charge is 0.407 e. The molecule has 4 N–H and O–H groups in total. The zero-order chi connectivity index (χ0) is 37.7. The molecule has 2 aromatic heterocycles. The molecule has 0 bridgehead atoms. The minimum absolute atomic E-state index is 0.0224. The summed E-state index contributed by atoms with van der Waals surface area (Å²) in [5.74, 6) is 0.0799. The van der Waals surface area contributed by atoms with E-state index in [2.05, 4.69) is 26.1 Å². The molecule has 0 unspecified atom stereocenters. The molecular formula is C40H52N6O6. The maximum absolute atomic E-state index is 13.9. The SMILES string of the molecule is CC(C)[C@H](NC(=O)N(C)Cc1cc(C(C)(C)C)on1)C(=O)N[C@@H](Cc1ccccc1)C[C@H](O)[C@H](Cc1ccccc1)NC(=O)OCc1cccnc1. The van der Waals surface area contributed by atoms with E-state index in [0.29, 0.717) is 24.3 Å². The number of urea groups is 1. The Morgan fingerprint density at radius 1 is 0.885 bits per heavy atom. The Kier molecular flexibility index (Phi) is 14.3. The largest absolute Gasteiger partial charge is 0.445 e. The molecule has 2 aromatic carbocycles. The number of aromatic nitrogens is 2. The lowest BCUT2D eigenvalue weighted by molar-refractivity contribution is -0.124. The minimum atomic E-state index is -1.07. The molecule has 4 atom stereocenters. The Labute approximate surface area is 306 Å². The van der Waals surface area contributed by atoms with Crippen molar-refractivity contribution in [2.24, 2.45) is 5.92 Å². The second-order valence-electron chi connectivity index (χ2n) is 14.5. The number of nitrogens with one attached hydrogen (secondary N) is 3. The molecule has 0 saturated carbocycles. The first-order valence-corrected chi connectivity index (χ1v) is 17.6. The molecule has 0 saturated heterocycles. The van der Waals surface area contributed by atoms with Crippen LogP contribution in [-0.4, -0.2) is 69.5 Å². The van der Waals surface area contributed by atoms with Crippen LogP contribution in [0.5, 0.6) is 0 Å². The Hall–Kier alpha value is -5.23. The Balaban J connectivity index is 1.47. The Morgan fingerprint density at radius 2 is 1.52 bits per heavy atom. The normalized spacial score (nSPS) is 13.8. The lowest BCUT2D eigenvalue weighted by Crippen LogP contribution is -2.55. The number of hydrogen-bond donors (Lipinski definition) is 4. The van der Waals surface area contributed by atoms with Crippen LogP contribution in [-0.2, 0) is 40.9 Å². The maximum atomic E-state index is 13.9. The van der Waals surface area contributed by atoms with E-state index in [0.717, 1.165) is 16.7 Å². The third-order valence-electron chi connectivity index (χ3n) is 8.63. The molecule has 0 radical (unpaired) electrons. The number of benzene rings is 2. The van der Waals surface area contributed by atoms with Gasteiger partial charge in [0.15, 0.2) is 0 Å². The van der Waals surface area contributed by atoms with Gasteiger partial charge in [0, 0.05) is 42.5 Å². The van der Waals surface area contributed by atoms with Gasteiger partial charge >= 0.3 is 12.1 Å². The van der Waals surface area contributed by atoms with Gasteiger partial charge in [-0.3, -0.25) is 9.78 Å². The molecule has 4 aromatic rings. The average Bonchev–Trinajstić information content (AvgIpc) is 3.60. The van der Waals surface area contributed by atoms with Gasteiger partial charge in [0.05, 0.1) is 18.7 Å². The summed E-state index contributed by atoms with van der Waals surface area (Å²) >= 11 is 0. The van der Waals surface area contributed by atoms with Crippen LogP contribution in [0.15, 0.2) is 95.8 Å². The van der Waals surface area contributed by atoms with Crippen molar-refractivity contribution in [3.05, 3.63) is 119 Å². The van der Waals surface area contributed by atoms with Gasteiger partial charge in [-0.1, -0.05) is 107 Å². The van der Waals surface area contributed by atoms with Crippen molar-refractivity contribution >= 4 is 18.0 Å². The molecule has 2 heterocycles. The quantitative estimate of drug-likeness (QED) is 0.118. The fraction of sp³-hybridized carbons (Fsp3) is 0.425. The number of carbonyl (C=O) groups excluding carboxylic acids is 3. The number of nitrogens with zero attached hydrogens (tertiary/aromatic N) is 3. The van der Waals surface area contributed by atoms with Crippen molar-refractivity contribution in [1.29, 1.82) is 0 Å². The summed E-state index contributed by atoms with van der Waals surface area (Å²) in [4.78, 5) is 45.7. The van der Waals surface area contributed by atoms with Crippen LogP contribution in [0.25, 0.3) is 0 Å². The number of hydrogen-bond acceptors (Lipinski definition) is 8. The van der Waals surface area contributed by atoms with Crippen molar-refractivity contribution < 1.29 is 28.8 Å². The standard InChI is InChI=1S/C40H52N6O6/c1-27(2)36(44-38(49)46(6)25-32-23-35(52-45-32)40(3,4)5)37(48)42-31(20-28-14-9-7-10-15-28)22-34(47)33(21-29-16-11-8-12-17-29)43-39(50)51-26-30-18-13-19-41-24-30/h7-19,23-24,27,31,33-34,36,47H,20-22,25-26H2,1-6H3,(H,42,48)(H,43,50)(H,44,49)/t31-,33-,34-,36-/m0/s1. The van der Waals surface area contributed by atoms with Crippen LogP contribution in [0.2, 0.25) is 0 Å². The van der Waals surface area contributed by atoms with Crippen LogP contribution in [0.1, 0.15) is 69.2 Å². The number of carbonyl (C=O) groups is 3. The fourth-order valence-corrected chi connectivity index (χ4v) is 5.65. The summed E-state index contributed by atoms with van der Waals surface area (Å²) < 4.78 is 10.9. The van der Waals surface area contributed by atoms with Crippen LogP contribution in [0, 0.1) is 5.92 Å². The predicted octanol–water partition coefficient (Wildman–Crippen LogP) is 5.55. The van der Waals surface area contributed by atoms with Gasteiger partial charge in [-0.2, -0.15) is 0 Å². The molecule has 0 aliphatic carbocycles. The Morgan fingerprint density at radius 3 is 2.10 bits per heavy atom. The number of aliphatic hydroxyl groups excluding tert-OH is 1. The first-order valence-electron chi connectivity index (χ1n) is 17.6. The third-order valence-corrected chi connectivity index (χ3v) is 8.63. The molecule has 0 spiro atoms. The number of amides is 4. The molecule has 0 aliphatic rings. The van der Waals surface area contributed by atoms with Crippen molar-refractivity contribution in [2.45, 2.75) is 96.7 Å². The predicted molar refractivity (Wildman–Crippen MR) is 198 cm³/mol. The summed E-state index contributed by atoms with van der Waals surface area (Å²) in [5, 5.41) is 24.6. The third kappa shape index (κ3) is 12.5. The van der Waals surface area contributed by atoms with Crippen LogP contribution < -0.4 is 16.0 Å². The molecule has 4 rings (SSSR count). The minimum Gasteiger partial charge on any atom is -0.445 e. The van der Waals surface area contributed by atoms with Crippen LogP contribution in [0.4, 0.5) is 9.59 Å². The van der Waals surface area contributed by atoms with E-state index in [1.54, 1.807) is 31.6 Å². The van der Waals surface area contributed by atoms with E-state index in [9.17, 15) is 19.5 Å². The zero-order valence-corrected chi connectivity index (χ0v) is 30.9. The summed E-state index contributed by atoms with van der Waals surface area (Å²) in [5.41, 5.74) is 2.97. The second-order valence-corrected chi connectivity index (χ2v) is 14.5. The first kappa shape index (κ1) is 39.6. The van der Waals surface area contributed by atoms with Crippen LogP contribution in [0.3, 0.4) is 0 Å². The molecule has 12 nitrogen and oxygen atoms in total. The van der Waals surface area contributed by atoms with E-state index in [1.165, 1.54) is 4.90 Å². The van der Waals surface area contributed by atoms with Gasteiger partial charge in [0.1, 0.15) is 24.1 Å². The topological polar surface area (TPSA) is 159 Å². The number of ether oxygens (including phenoxy) is 1. The highest BCUT2D eigenvalue weighted by atomic mass is 16.5. The van der Waals surface area contributed by atoms with E-state index >= 15 is 0 Å². The second kappa shape index (κ2) is 18.8. The van der Waals surface area contributed by atoms with Crippen molar-refractivity contribution in [1.82, 2.24) is 31.0 Å². The molecule has 278 valence electrons. The van der Waals surface area contributed by atoms with Gasteiger partial charge in [-0.15, -0.1) is 0 Å². The van der Waals surface area contributed by atoms with E-state index in [4.69, 9.17) is 9.26 Å². The highest BCUT2D eigenvalue weighted by Gasteiger charge is 2.31. The van der Waals surface area contributed by atoms with E-state index in [-0.39, 0.29) is 36.8 Å². The van der Waals surface area contributed by atoms with Crippen molar-refractivity contribution in [3.63, 3.8) is 0 Å². The zero-order valence-electron chi connectivity index (χ0n) is 30.9. The van der Waals surface area contributed by atoms with E-state index in [1.807, 2.05) is 101 Å². The lowest BCUT2D eigenvalue weighted by atomic mass is 9.93. The van der Waals surface area contributed by atoms with Gasteiger partial charge < -0.3 is 35.2 Å². The van der Waals surface area contributed by atoms with Gasteiger partial charge in [0.25, 0.3) is 0 Å². The molecule has 4 amide bonds. The van der Waals surface area contributed by atoms with Gasteiger partial charge in [-0.05, 0) is 42.4 Å². The highest BCUT2D eigenvalue weighted by Crippen LogP contribution is 2.23. The average molecular weight is 713 g/mol. The summed E-state index contributed by atoms with van der Waals surface area (Å²) in [6.07, 6.45) is 2.35. The van der Waals surface area contributed by atoms with Crippen molar-refractivity contribution in [3.8, 4) is 0 Å². The molecular weight excluding hydrogens is 660 g/mol. The number of alkyl carbamates (subject to hydrolysis) is 1. The molecule has 0 fully saturated rings. The molecule has 0 aliphatic heterocycles. The first-order chi connectivity index (χ1) is 24.8. The molecule has 12 heteroatoms. The van der Waals surface area contributed by atoms with Crippen molar-refractivity contribution in [2.75, 3.05) is 7.05 Å². The number of pyridine rings is 1. The fourth-order valence-electron chi connectivity index (χ4n) is 5.65. The summed E-state index contributed by atoms with van der Waals surface area (Å²) in [6.45, 7) is 9.98. The maximum Gasteiger partial charge on any atom is 0.407 e. The summed E-state index contributed by atoms with van der Waals surface area (Å²) in [7, 11) is 1.63. The van der Waals surface area contributed by atoms with E-state index < -0.39 is 36.4 Å². The molecule has 52 heavy (non-hydrogen) atoms. The van der Waals surface area contributed by atoms with Gasteiger partial charge in [-0.25, -0.2) is 9.59 Å². The highest BCUT2D eigenvalue weighted by molar-refractivity contribution is 5.87.